The largest absolute Gasteiger partial charge is 0.353 e. The Bertz CT molecular complexity index is 452. The van der Waals surface area contributed by atoms with Gasteiger partial charge >= 0.3 is 0 Å². The summed E-state index contributed by atoms with van der Waals surface area (Å²) in [4.78, 5) is 0.354. The number of rotatable bonds is 3. The van der Waals surface area contributed by atoms with Crippen LogP contribution in [0.25, 0.3) is 0 Å². The molecule has 1 aromatic rings. The first kappa shape index (κ1) is 11.1. The molecule has 0 aliphatic rings. The van der Waals surface area contributed by atoms with E-state index < -0.39 is 9.84 Å². The van der Waals surface area contributed by atoms with E-state index in [1.54, 1.807) is 25.1 Å². The molecule has 0 aromatic heterocycles. The van der Waals surface area contributed by atoms with Crippen LogP contribution in [0.2, 0.25) is 0 Å². The zero-order chi connectivity index (χ0) is 10.8. The van der Waals surface area contributed by atoms with Gasteiger partial charge in [0.15, 0.2) is 9.84 Å². The van der Waals surface area contributed by atoms with E-state index in [0.29, 0.717) is 10.5 Å². The molecule has 5 heteroatoms. The lowest BCUT2D eigenvalue weighted by Crippen LogP contribution is -2.01. The Hall–Kier alpha value is -0.940. The molecule has 0 spiro atoms. The van der Waals surface area contributed by atoms with E-state index in [1.165, 1.54) is 11.7 Å². The van der Waals surface area contributed by atoms with Crippen LogP contribution in [0.5, 0.6) is 0 Å². The van der Waals surface area contributed by atoms with Crippen LogP contribution in [0, 0.1) is 6.92 Å². The maximum Gasteiger partial charge on any atom is 0.175 e. The average Bonchev–Trinajstić information content (AvgIpc) is 2.02. The molecule has 3 nitrogen and oxygen atoms in total. The van der Waals surface area contributed by atoms with Crippen molar-refractivity contribution < 1.29 is 8.42 Å². The summed E-state index contributed by atoms with van der Waals surface area (Å²) in [5.41, 5.74) is 2.90. The summed E-state index contributed by atoms with van der Waals surface area (Å²) >= 11 is 4.63. The lowest BCUT2D eigenvalue weighted by Gasteiger charge is -2.05. The lowest BCUT2D eigenvalue weighted by molar-refractivity contribution is 0.601. The normalized spacial score (nSPS) is 11.0. The molecule has 0 unspecified atom stereocenters. The molecule has 0 atom stereocenters. The smallest absolute Gasteiger partial charge is 0.175 e. The fourth-order valence-electron chi connectivity index (χ4n) is 1.22. The average molecular weight is 229 g/mol. The first-order chi connectivity index (χ1) is 6.45. The van der Waals surface area contributed by atoms with Gasteiger partial charge in [0.25, 0.3) is 0 Å². The predicted octanol–water partition coefficient (Wildman–Crippen LogP) is 1.77. The number of nitrogens with one attached hydrogen (secondary N) is 1. The second-order valence-corrected chi connectivity index (χ2v) is 5.23. The van der Waals surface area contributed by atoms with Gasteiger partial charge in [0.2, 0.25) is 0 Å². The Morgan fingerprint density at radius 3 is 2.50 bits per heavy atom. The number of hydrogen-bond acceptors (Lipinski definition) is 3. The molecule has 0 bridgehead atoms. The second-order valence-electron chi connectivity index (χ2n) is 3.01. The van der Waals surface area contributed by atoms with Crippen molar-refractivity contribution >= 4 is 33.2 Å². The Morgan fingerprint density at radius 1 is 1.43 bits per heavy atom. The monoisotopic (exact) mass is 229 g/mol. The van der Waals surface area contributed by atoms with Gasteiger partial charge in [0.05, 0.1) is 10.4 Å². The number of anilines is 1. The molecular weight excluding hydrogens is 218 g/mol. The van der Waals surface area contributed by atoms with E-state index in [0.717, 1.165) is 5.69 Å². The van der Waals surface area contributed by atoms with Crippen LogP contribution in [-0.2, 0) is 9.84 Å². The van der Waals surface area contributed by atoms with E-state index in [9.17, 15) is 8.42 Å². The summed E-state index contributed by atoms with van der Waals surface area (Å²) in [6, 6.07) is 5.01. The van der Waals surface area contributed by atoms with Crippen LogP contribution in [-0.4, -0.2) is 20.2 Å². The molecule has 0 radical (unpaired) electrons. The van der Waals surface area contributed by atoms with Crippen molar-refractivity contribution in [1.82, 2.24) is 0 Å². The minimum absolute atomic E-state index is 0.354. The quantitative estimate of drug-likeness (QED) is 0.802. The molecule has 1 N–H and O–H groups in total. The molecule has 14 heavy (non-hydrogen) atoms. The van der Waals surface area contributed by atoms with Gasteiger partial charge in [0, 0.05) is 11.9 Å². The maximum absolute atomic E-state index is 11.3. The summed E-state index contributed by atoms with van der Waals surface area (Å²) in [6.45, 7) is 1.75. The van der Waals surface area contributed by atoms with E-state index in [2.05, 4.69) is 17.5 Å². The summed E-state index contributed by atoms with van der Waals surface area (Å²) in [5.74, 6) is 0. The Morgan fingerprint density at radius 2 is 2.07 bits per heavy atom. The SMILES string of the molecule is Cc1cc(NC=S)ccc1S(C)(=O)=O. The number of sulfone groups is 1. The molecule has 1 rings (SSSR count). The highest BCUT2D eigenvalue weighted by Gasteiger charge is 2.10. The van der Waals surface area contributed by atoms with Crippen LogP contribution in [0.3, 0.4) is 0 Å². The van der Waals surface area contributed by atoms with Crippen molar-refractivity contribution in [2.24, 2.45) is 0 Å². The minimum Gasteiger partial charge on any atom is -0.353 e. The van der Waals surface area contributed by atoms with Gasteiger partial charge in [-0.1, -0.05) is 12.2 Å². The molecule has 1 aromatic carbocycles. The Labute approximate surface area is 89.1 Å². The molecule has 76 valence electrons. The van der Waals surface area contributed by atoms with E-state index in [1.807, 2.05) is 0 Å². The highest BCUT2D eigenvalue weighted by molar-refractivity contribution is 7.90. The fraction of sp³-hybridized carbons (Fsp3) is 0.222. The van der Waals surface area contributed by atoms with Crippen LogP contribution in [0.15, 0.2) is 23.1 Å². The fourth-order valence-corrected chi connectivity index (χ4v) is 2.32. The first-order valence-electron chi connectivity index (χ1n) is 3.96. The van der Waals surface area contributed by atoms with E-state index >= 15 is 0 Å². The van der Waals surface area contributed by atoms with Crippen LogP contribution < -0.4 is 5.32 Å². The van der Waals surface area contributed by atoms with Crippen molar-refractivity contribution in [3.05, 3.63) is 23.8 Å². The van der Waals surface area contributed by atoms with Crippen LogP contribution >= 0.6 is 12.2 Å². The Balaban J connectivity index is 3.21. The standard InChI is InChI=1S/C9H11NO2S2/c1-7-5-8(10-6-13)3-4-9(7)14(2,11)12/h3-6H,1-2H3,(H,10,13). The number of thiocarbonyl (C=S) groups is 1. The Kier molecular flexibility index (Phi) is 3.23. The summed E-state index contributed by atoms with van der Waals surface area (Å²) in [5, 5.41) is 2.82. The van der Waals surface area contributed by atoms with Gasteiger partial charge in [-0.05, 0) is 30.7 Å². The third kappa shape index (κ3) is 2.52. The first-order valence-corrected chi connectivity index (χ1v) is 6.32. The van der Waals surface area contributed by atoms with Crippen molar-refractivity contribution in [3.8, 4) is 0 Å². The van der Waals surface area contributed by atoms with E-state index in [-0.39, 0.29) is 0 Å². The summed E-state index contributed by atoms with van der Waals surface area (Å²) in [7, 11) is -3.13. The second kappa shape index (κ2) is 4.06. The molecule has 0 fully saturated rings. The van der Waals surface area contributed by atoms with Crippen molar-refractivity contribution in [1.29, 1.82) is 0 Å². The van der Waals surface area contributed by atoms with Crippen LogP contribution in [0.4, 0.5) is 5.69 Å². The van der Waals surface area contributed by atoms with Crippen molar-refractivity contribution in [2.45, 2.75) is 11.8 Å². The molecule has 0 heterocycles. The molecule has 0 aliphatic heterocycles. The zero-order valence-corrected chi connectivity index (χ0v) is 9.58. The van der Waals surface area contributed by atoms with Gasteiger partial charge in [-0.15, -0.1) is 0 Å². The van der Waals surface area contributed by atoms with E-state index in [4.69, 9.17) is 0 Å². The predicted molar refractivity (Wildman–Crippen MR) is 61.6 cm³/mol. The van der Waals surface area contributed by atoms with Crippen molar-refractivity contribution in [3.63, 3.8) is 0 Å². The lowest BCUT2D eigenvalue weighted by atomic mass is 10.2. The molecule has 0 saturated carbocycles. The summed E-state index contributed by atoms with van der Waals surface area (Å²) < 4.78 is 22.5. The highest BCUT2D eigenvalue weighted by atomic mass is 32.2. The number of hydrogen-bond donors (Lipinski definition) is 1. The van der Waals surface area contributed by atoms with Gasteiger partial charge in [-0.3, -0.25) is 0 Å². The molecular formula is C9H11NO2S2. The number of benzene rings is 1. The third-order valence-electron chi connectivity index (χ3n) is 1.80. The van der Waals surface area contributed by atoms with Gasteiger partial charge in [-0.25, -0.2) is 8.42 Å². The van der Waals surface area contributed by atoms with Crippen molar-refractivity contribution in [2.75, 3.05) is 11.6 Å². The molecule has 0 saturated heterocycles. The van der Waals surface area contributed by atoms with Crippen LogP contribution in [0.1, 0.15) is 5.56 Å². The molecule has 0 amide bonds. The molecule has 0 aliphatic carbocycles. The zero-order valence-electron chi connectivity index (χ0n) is 7.94. The third-order valence-corrected chi connectivity index (χ3v) is 3.17. The van der Waals surface area contributed by atoms with Gasteiger partial charge in [0.1, 0.15) is 0 Å². The van der Waals surface area contributed by atoms with Gasteiger partial charge in [-0.2, -0.15) is 0 Å². The summed E-state index contributed by atoms with van der Waals surface area (Å²) in [6.07, 6.45) is 1.20. The number of aryl methyl sites for hydroxylation is 1. The highest BCUT2D eigenvalue weighted by Crippen LogP contribution is 2.18. The minimum atomic E-state index is -3.13. The maximum atomic E-state index is 11.3. The topological polar surface area (TPSA) is 46.2 Å². The van der Waals surface area contributed by atoms with Gasteiger partial charge < -0.3 is 5.32 Å².